The highest BCUT2D eigenvalue weighted by Gasteiger charge is 2.30. The van der Waals surface area contributed by atoms with Crippen LogP contribution in [-0.4, -0.2) is 72.9 Å². The second kappa shape index (κ2) is 13.6. The molecule has 1 amide bonds. The molecule has 8 heteroatoms. The van der Waals surface area contributed by atoms with Crippen molar-refractivity contribution >= 4 is 34.9 Å². The van der Waals surface area contributed by atoms with Crippen LogP contribution in [0.1, 0.15) is 60.9 Å². The first-order valence-electron chi connectivity index (χ1n) is 13.5. The highest BCUT2D eigenvalue weighted by Crippen LogP contribution is 2.24. The number of hydrogen-bond acceptors (Lipinski definition) is 4. The topological polar surface area (TPSA) is 71.5 Å². The number of amides is 1. The molecule has 2 fully saturated rings. The van der Waals surface area contributed by atoms with Gasteiger partial charge in [-0.2, -0.15) is 0 Å². The SMILES string of the molecule is CC[C@H](CN1CC[C@@H](CNC(=O)c2ccc(Cl)c(Cl)c2)N[C@@H](CCN2CCCC2)C1=N)c1ccccc1. The van der Waals surface area contributed by atoms with E-state index in [9.17, 15) is 4.79 Å². The van der Waals surface area contributed by atoms with Gasteiger partial charge in [-0.15, -0.1) is 0 Å². The Morgan fingerprint density at radius 1 is 1.11 bits per heavy atom. The molecule has 0 spiro atoms. The van der Waals surface area contributed by atoms with Gasteiger partial charge in [-0.05, 0) is 69.0 Å². The summed E-state index contributed by atoms with van der Waals surface area (Å²) >= 11 is 12.1. The van der Waals surface area contributed by atoms with Crippen LogP contribution in [0.4, 0.5) is 0 Å². The molecule has 200 valence electrons. The summed E-state index contributed by atoms with van der Waals surface area (Å²) in [7, 11) is 0. The quantitative estimate of drug-likeness (QED) is 0.374. The zero-order valence-electron chi connectivity index (χ0n) is 21.7. The van der Waals surface area contributed by atoms with Crippen molar-refractivity contribution in [2.45, 2.75) is 57.0 Å². The number of nitrogens with zero attached hydrogens (tertiary/aromatic N) is 2. The average Bonchev–Trinajstić information content (AvgIpc) is 3.39. The predicted molar refractivity (Wildman–Crippen MR) is 153 cm³/mol. The molecule has 3 N–H and O–H groups in total. The molecular weight excluding hydrogens is 505 g/mol. The second-order valence-corrected chi connectivity index (χ2v) is 11.0. The molecule has 2 aliphatic rings. The third kappa shape index (κ3) is 7.70. The Morgan fingerprint density at radius 2 is 1.86 bits per heavy atom. The average molecular weight is 545 g/mol. The number of amidine groups is 1. The maximum atomic E-state index is 12.8. The third-order valence-electron chi connectivity index (χ3n) is 7.68. The maximum Gasteiger partial charge on any atom is 0.251 e. The number of hydrogen-bond donors (Lipinski definition) is 3. The normalized spacial score (nSPS) is 21.6. The molecule has 0 aromatic heterocycles. The lowest BCUT2D eigenvalue weighted by Crippen LogP contribution is -2.50. The lowest BCUT2D eigenvalue weighted by Gasteiger charge is -2.31. The van der Waals surface area contributed by atoms with E-state index in [1.165, 1.54) is 18.4 Å². The summed E-state index contributed by atoms with van der Waals surface area (Å²) in [4.78, 5) is 17.6. The molecule has 6 nitrogen and oxygen atoms in total. The molecule has 3 atom stereocenters. The summed E-state index contributed by atoms with van der Waals surface area (Å²) in [6.45, 7) is 7.65. The first-order valence-corrected chi connectivity index (χ1v) is 14.3. The zero-order chi connectivity index (χ0) is 26.2. The van der Waals surface area contributed by atoms with Gasteiger partial charge >= 0.3 is 0 Å². The van der Waals surface area contributed by atoms with E-state index in [2.05, 4.69) is 57.7 Å². The number of halogens is 2. The molecule has 0 unspecified atom stereocenters. The fourth-order valence-corrected chi connectivity index (χ4v) is 5.70. The Balaban J connectivity index is 1.43. The predicted octanol–water partition coefficient (Wildman–Crippen LogP) is 5.41. The molecule has 37 heavy (non-hydrogen) atoms. The van der Waals surface area contributed by atoms with Crippen molar-refractivity contribution < 1.29 is 4.79 Å². The van der Waals surface area contributed by atoms with E-state index in [-0.39, 0.29) is 18.0 Å². The van der Waals surface area contributed by atoms with E-state index in [4.69, 9.17) is 28.6 Å². The van der Waals surface area contributed by atoms with Crippen molar-refractivity contribution in [2.24, 2.45) is 0 Å². The standard InChI is InChI=1S/C29H39Cl2N5O/c1-2-21(22-8-4-3-5-9-22)20-36-17-12-24(19-33-29(37)23-10-11-25(30)26(31)18-23)34-27(28(36)32)13-16-35-14-6-7-15-35/h3-5,8-11,18,21,24,27,32,34H,2,6-7,12-17,19-20H2,1H3,(H,33,37)/t21-,24+,27+/m1/s1. The second-order valence-electron chi connectivity index (χ2n) is 10.2. The number of likely N-dealkylation sites (tertiary alicyclic amines) is 1. The fourth-order valence-electron chi connectivity index (χ4n) is 5.40. The van der Waals surface area contributed by atoms with Gasteiger partial charge in [0, 0.05) is 43.7 Å². The maximum absolute atomic E-state index is 12.8. The van der Waals surface area contributed by atoms with Crippen molar-refractivity contribution in [3.8, 4) is 0 Å². The van der Waals surface area contributed by atoms with Gasteiger partial charge < -0.3 is 20.4 Å². The van der Waals surface area contributed by atoms with Crippen LogP contribution >= 0.6 is 23.2 Å². The van der Waals surface area contributed by atoms with Crippen LogP contribution in [0.25, 0.3) is 0 Å². The summed E-state index contributed by atoms with van der Waals surface area (Å²) in [6.07, 6.45) is 5.31. The van der Waals surface area contributed by atoms with Crippen LogP contribution in [0.15, 0.2) is 48.5 Å². The van der Waals surface area contributed by atoms with Crippen molar-refractivity contribution in [3.05, 3.63) is 69.7 Å². The molecule has 2 aromatic carbocycles. The van der Waals surface area contributed by atoms with E-state index in [0.29, 0.717) is 33.9 Å². The molecule has 0 bridgehead atoms. The van der Waals surface area contributed by atoms with Crippen LogP contribution in [-0.2, 0) is 0 Å². The highest BCUT2D eigenvalue weighted by molar-refractivity contribution is 6.42. The van der Waals surface area contributed by atoms with Crippen molar-refractivity contribution in [1.29, 1.82) is 5.41 Å². The van der Waals surface area contributed by atoms with Gasteiger partial charge in [0.05, 0.1) is 16.1 Å². The van der Waals surface area contributed by atoms with Gasteiger partial charge in [-0.1, -0.05) is 60.5 Å². The molecule has 0 aliphatic carbocycles. The monoisotopic (exact) mass is 543 g/mol. The lowest BCUT2D eigenvalue weighted by molar-refractivity contribution is 0.0948. The summed E-state index contributed by atoms with van der Waals surface area (Å²) in [5, 5.41) is 16.8. The van der Waals surface area contributed by atoms with Gasteiger partial charge in [0.1, 0.15) is 5.84 Å². The lowest BCUT2D eigenvalue weighted by atomic mass is 9.95. The number of benzene rings is 2. The highest BCUT2D eigenvalue weighted by atomic mass is 35.5. The first kappa shape index (κ1) is 27.9. The molecule has 2 aliphatic heterocycles. The molecular formula is C29H39Cl2N5O. The minimum absolute atomic E-state index is 0.0387. The molecule has 2 saturated heterocycles. The summed E-state index contributed by atoms with van der Waals surface area (Å²) in [6, 6.07) is 15.6. The van der Waals surface area contributed by atoms with E-state index >= 15 is 0 Å². The van der Waals surface area contributed by atoms with E-state index < -0.39 is 0 Å². The summed E-state index contributed by atoms with van der Waals surface area (Å²) in [5.41, 5.74) is 1.82. The third-order valence-corrected chi connectivity index (χ3v) is 8.42. The number of nitrogens with one attached hydrogen (secondary N) is 3. The van der Waals surface area contributed by atoms with Gasteiger partial charge in [-0.25, -0.2) is 0 Å². The molecule has 2 heterocycles. The number of carbonyl (C=O) groups excluding carboxylic acids is 1. The van der Waals surface area contributed by atoms with Crippen molar-refractivity contribution in [1.82, 2.24) is 20.4 Å². The Morgan fingerprint density at radius 3 is 2.57 bits per heavy atom. The summed E-state index contributed by atoms with van der Waals surface area (Å²) < 4.78 is 0. The Kier molecular flexibility index (Phi) is 10.3. The van der Waals surface area contributed by atoms with Crippen LogP contribution in [0, 0.1) is 5.41 Å². The minimum atomic E-state index is -0.166. The van der Waals surface area contributed by atoms with E-state index in [1.807, 2.05) is 0 Å². The minimum Gasteiger partial charge on any atom is -0.359 e. The number of rotatable bonds is 10. The van der Waals surface area contributed by atoms with Crippen LogP contribution in [0.2, 0.25) is 10.0 Å². The first-order chi connectivity index (χ1) is 17.9. The largest absolute Gasteiger partial charge is 0.359 e. The van der Waals surface area contributed by atoms with Crippen LogP contribution in [0.3, 0.4) is 0 Å². The molecule has 0 saturated carbocycles. The number of carbonyl (C=O) groups is 1. The van der Waals surface area contributed by atoms with Crippen LogP contribution < -0.4 is 10.6 Å². The van der Waals surface area contributed by atoms with E-state index in [0.717, 1.165) is 52.0 Å². The molecule has 2 aromatic rings. The summed E-state index contributed by atoms with van der Waals surface area (Å²) in [5.74, 6) is 0.888. The van der Waals surface area contributed by atoms with Gasteiger partial charge in [0.15, 0.2) is 0 Å². The molecule has 0 radical (unpaired) electrons. The van der Waals surface area contributed by atoms with Gasteiger partial charge in [0.25, 0.3) is 5.91 Å². The molecule has 4 rings (SSSR count). The smallest absolute Gasteiger partial charge is 0.251 e. The van der Waals surface area contributed by atoms with Gasteiger partial charge in [-0.3, -0.25) is 10.2 Å². The fraction of sp³-hybridized carbons (Fsp3) is 0.517. The van der Waals surface area contributed by atoms with E-state index in [1.54, 1.807) is 18.2 Å². The zero-order valence-corrected chi connectivity index (χ0v) is 23.2. The van der Waals surface area contributed by atoms with Crippen molar-refractivity contribution in [3.63, 3.8) is 0 Å². The Hall–Kier alpha value is -2.12. The van der Waals surface area contributed by atoms with Gasteiger partial charge in [0.2, 0.25) is 0 Å². The van der Waals surface area contributed by atoms with Crippen molar-refractivity contribution in [2.75, 3.05) is 39.3 Å². The Labute approximate surface area is 231 Å². The Bertz CT molecular complexity index is 1040. The van der Waals surface area contributed by atoms with Crippen LogP contribution in [0.5, 0.6) is 0 Å².